The molecule has 2 aliphatic heterocycles. The molecule has 1 N–H and O–H groups in total. The topological polar surface area (TPSA) is 106 Å². The minimum Gasteiger partial charge on any atom is -0.497 e. The van der Waals surface area contributed by atoms with E-state index >= 15 is 0 Å². The Balaban J connectivity index is 1.47. The monoisotopic (exact) mass is 532 g/mol. The lowest BCUT2D eigenvalue weighted by molar-refractivity contribution is -0.114. The first-order chi connectivity index (χ1) is 16.9. The lowest BCUT2D eigenvalue weighted by Crippen LogP contribution is -2.41. The smallest absolute Gasteiger partial charge is 0.283 e. The van der Waals surface area contributed by atoms with E-state index in [9.17, 15) is 4.79 Å². The Labute approximate surface area is 215 Å². The molecular weight excluding hydrogens is 512 g/mol. The molecule has 0 aliphatic carbocycles. The summed E-state index contributed by atoms with van der Waals surface area (Å²) >= 11 is 8.92. The van der Waals surface area contributed by atoms with Crippen LogP contribution in [-0.4, -0.2) is 60.7 Å². The van der Waals surface area contributed by atoms with Gasteiger partial charge in [-0.15, -0.1) is 0 Å². The van der Waals surface area contributed by atoms with Crippen molar-refractivity contribution in [3.8, 4) is 23.0 Å². The second kappa shape index (κ2) is 11.1. The Morgan fingerprint density at radius 1 is 1.11 bits per heavy atom. The van der Waals surface area contributed by atoms with Gasteiger partial charge in [0.25, 0.3) is 5.91 Å². The third-order valence-electron chi connectivity index (χ3n) is 4.90. The van der Waals surface area contributed by atoms with Crippen LogP contribution in [0.5, 0.6) is 23.0 Å². The predicted octanol–water partition coefficient (Wildman–Crippen LogP) is 4.75. The molecule has 0 spiro atoms. The number of ether oxygens (including phenoxy) is 4. The number of carbonyl (C=O) groups is 1. The van der Waals surface area contributed by atoms with E-state index in [1.54, 1.807) is 42.4 Å². The third kappa shape index (κ3) is 5.42. The predicted molar refractivity (Wildman–Crippen MR) is 141 cm³/mol. The first-order valence-corrected chi connectivity index (χ1v) is 12.6. The maximum absolute atomic E-state index is 12.6. The molecule has 0 radical (unpaired) electrons. The van der Waals surface area contributed by atoms with Crippen molar-refractivity contribution in [2.45, 2.75) is 0 Å². The van der Waals surface area contributed by atoms with Crippen LogP contribution >= 0.6 is 35.3 Å². The number of amidine groups is 3. The van der Waals surface area contributed by atoms with Gasteiger partial charge in [0.05, 0.1) is 36.8 Å². The Kier molecular flexibility index (Phi) is 7.89. The highest BCUT2D eigenvalue weighted by molar-refractivity contribution is 8.18. The van der Waals surface area contributed by atoms with E-state index in [1.807, 2.05) is 18.4 Å². The summed E-state index contributed by atoms with van der Waals surface area (Å²) in [4.78, 5) is 18.2. The summed E-state index contributed by atoms with van der Waals surface area (Å²) in [5.41, 5.74) is 0.688. The molecule has 1 amide bonds. The van der Waals surface area contributed by atoms with Crippen LogP contribution in [0.15, 0.2) is 51.4 Å². The van der Waals surface area contributed by atoms with Gasteiger partial charge in [-0.3, -0.25) is 10.2 Å². The van der Waals surface area contributed by atoms with Crippen molar-refractivity contribution in [1.29, 1.82) is 5.41 Å². The van der Waals surface area contributed by atoms with Gasteiger partial charge >= 0.3 is 0 Å². The zero-order chi connectivity index (χ0) is 24.9. The van der Waals surface area contributed by atoms with Crippen LogP contribution < -0.4 is 18.9 Å². The molecule has 182 valence electrons. The average Bonchev–Trinajstić information content (AvgIpc) is 3.28. The van der Waals surface area contributed by atoms with Gasteiger partial charge in [-0.25, -0.2) is 4.90 Å². The molecule has 9 nitrogen and oxygen atoms in total. The number of amides is 1. The van der Waals surface area contributed by atoms with E-state index in [-0.39, 0.29) is 24.6 Å². The molecule has 2 aromatic carbocycles. The van der Waals surface area contributed by atoms with Crippen molar-refractivity contribution in [2.75, 3.05) is 33.7 Å². The summed E-state index contributed by atoms with van der Waals surface area (Å²) in [5.74, 6) is 1.66. The second-order valence-corrected chi connectivity index (χ2v) is 8.93. The third-order valence-corrected chi connectivity index (χ3v) is 6.63. The summed E-state index contributed by atoms with van der Waals surface area (Å²) < 4.78 is 26.3. The Bertz CT molecular complexity index is 1250. The molecule has 0 aromatic heterocycles. The number of aliphatic imine (C=N–C) groups is 1. The number of thioether (sulfide) groups is 1. The quantitative estimate of drug-likeness (QED) is 0.295. The van der Waals surface area contributed by atoms with Gasteiger partial charge in [-0.1, -0.05) is 23.4 Å². The molecule has 35 heavy (non-hydrogen) atoms. The summed E-state index contributed by atoms with van der Waals surface area (Å²) in [6, 6.07) is 10.5. The van der Waals surface area contributed by atoms with E-state index in [0.29, 0.717) is 38.2 Å². The fourth-order valence-corrected chi connectivity index (χ4v) is 4.96. The number of halogens is 1. The Morgan fingerprint density at radius 2 is 1.83 bits per heavy atom. The number of hydrogen-bond acceptors (Lipinski definition) is 9. The SMILES string of the molecule is COc1ccc(OCCOc2c(Cl)cc(/C=C3/C(=N)N4C(SC)=NSC4=NC3=O)cc2OC)cc1. The Morgan fingerprint density at radius 3 is 2.51 bits per heavy atom. The summed E-state index contributed by atoms with van der Waals surface area (Å²) in [5, 5.41) is 9.78. The lowest BCUT2D eigenvalue weighted by atomic mass is 10.1. The van der Waals surface area contributed by atoms with Gasteiger partial charge in [0, 0.05) is 0 Å². The summed E-state index contributed by atoms with van der Waals surface area (Å²) in [6.45, 7) is 0.517. The van der Waals surface area contributed by atoms with Crippen molar-refractivity contribution in [1.82, 2.24) is 4.90 Å². The zero-order valence-corrected chi connectivity index (χ0v) is 21.4. The van der Waals surface area contributed by atoms with E-state index in [1.165, 1.54) is 18.9 Å². The molecular formula is C23H21ClN4O5S2. The molecule has 0 saturated carbocycles. The van der Waals surface area contributed by atoms with Gasteiger partial charge in [0.1, 0.15) is 30.5 Å². The standard InChI is InChI=1S/C23H21ClN4O5S2/c1-30-14-4-6-15(7-5-14)32-8-9-33-19-17(24)11-13(12-18(19)31-2)10-16-20(25)28-22(26-21(16)29)35-27-23(28)34-3/h4-7,10-12,25H,8-9H2,1-3H3/b16-10-,25-20?. The molecule has 0 bridgehead atoms. The summed E-state index contributed by atoms with van der Waals surface area (Å²) in [7, 11) is 3.10. The highest BCUT2D eigenvalue weighted by Crippen LogP contribution is 2.38. The second-order valence-electron chi connectivity index (χ2n) is 7.02. The van der Waals surface area contributed by atoms with Crippen LogP contribution in [0, 0.1) is 5.41 Å². The number of carbonyl (C=O) groups excluding carboxylic acids is 1. The molecule has 2 heterocycles. The maximum atomic E-state index is 12.6. The largest absolute Gasteiger partial charge is 0.497 e. The van der Waals surface area contributed by atoms with Gasteiger partial charge in [0.2, 0.25) is 5.17 Å². The molecule has 0 atom stereocenters. The van der Waals surface area contributed by atoms with E-state index in [0.717, 1.165) is 17.7 Å². The normalized spacial score (nSPS) is 16.1. The van der Waals surface area contributed by atoms with Crippen LogP contribution in [0.1, 0.15) is 5.56 Å². The van der Waals surface area contributed by atoms with Gasteiger partial charge < -0.3 is 18.9 Å². The molecule has 0 fully saturated rings. The number of methoxy groups -OCH3 is 2. The highest BCUT2D eigenvalue weighted by Gasteiger charge is 2.37. The molecule has 2 aromatic rings. The minimum atomic E-state index is -0.516. The lowest BCUT2D eigenvalue weighted by Gasteiger charge is -2.24. The summed E-state index contributed by atoms with van der Waals surface area (Å²) in [6.07, 6.45) is 3.40. The van der Waals surface area contributed by atoms with E-state index in [4.69, 9.17) is 36.0 Å². The molecule has 0 saturated heterocycles. The molecule has 0 unspecified atom stereocenters. The fourth-order valence-electron chi connectivity index (χ4n) is 3.24. The van der Waals surface area contributed by atoms with Gasteiger partial charge in [-0.05, 0) is 54.3 Å². The van der Waals surface area contributed by atoms with Crippen molar-refractivity contribution in [2.24, 2.45) is 9.39 Å². The zero-order valence-electron chi connectivity index (χ0n) is 19.0. The van der Waals surface area contributed by atoms with Crippen LogP contribution in [0.25, 0.3) is 6.08 Å². The fraction of sp³-hybridized carbons (Fsp3) is 0.217. The number of rotatable bonds is 8. The van der Waals surface area contributed by atoms with Crippen LogP contribution in [0.4, 0.5) is 0 Å². The first-order valence-electron chi connectivity index (χ1n) is 10.2. The first kappa shape index (κ1) is 25.0. The molecule has 12 heteroatoms. The highest BCUT2D eigenvalue weighted by atomic mass is 35.5. The van der Waals surface area contributed by atoms with Crippen LogP contribution in [0.3, 0.4) is 0 Å². The van der Waals surface area contributed by atoms with E-state index in [2.05, 4.69) is 9.39 Å². The van der Waals surface area contributed by atoms with Crippen molar-refractivity contribution >= 4 is 63.5 Å². The average molecular weight is 533 g/mol. The number of hydrogen-bond donors (Lipinski definition) is 1. The number of nitrogens with one attached hydrogen (secondary N) is 1. The van der Waals surface area contributed by atoms with Crippen molar-refractivity contribution < 1.29 is 23.7 Å². The van der Waals surface area contributed by atoms with Crippen LogP contribution in [-0.2, 0) is 4.79 Å². The van der Waals surface area contributed by atoms with Gasteiger partial charge in [0.15, 0.2) is 16.7 Å². The number of nitrogens with zero attached hydrogens (tertiary/aromatic N) is 3. The van der Waals surface area contributed by atoms with E-state index < -0.39 is 5.91 Å². The molecule has 2 aliphatic rings. The number of benzene rings is 2. The Hall–Kier alpha value is -3.15. The van der Waals surface area contributed by atoms with Crippen LogP contribution in [0.2, 0.25) is 5.02 Å². The maximum Gasteiger partial charge on any atom is 0.283 e. The minimum absolute atomic E-state index is 0.00389. The van der Waals surface area contributed by atoms with Crippen molar-refractivity contribution in [3.05, 3.63) is 52.6 Å². The van der Waals surface area contributed by atoms with Crippen molar-refractivity contribution in [3.63, 3.8) is 0 Å². The molecule has 4 rings (SSSR count). The number of fused-ring (bicyclic) bond motifs is 1. The van der Waals surface area contributed by atoms with Gasteiger partial charge in [-0.2, -0.15) is 9.39 Å².